The summed E-state index contributed by atoms with van der Waals surface area (Å²) in [6.45, 7) is 2.18. The summed E-state index contributed by atoms with van der Waals surface area (Å²) in [7, 11) is 2.04. The van der Waals surface area contributed by atoms with Crippen LogP contribution in [-0.4, -0.2) is 45.9 Å². The highest BCUT2D eigenvalue weighted by molar-refractivity contribution is 5.88. The van der Waals surface area contributed by atoms with Crippen molar-refractivity contribution in [1.82, 2.24) is 14.7 Å². The maximum atomic E-state index is 11.7. The lowest BCUT2D eigenvalue weighted by Crippen LogP contribution is -2.35. The molecule has 1 saturated heterocycles. The first-order valence-electron chi connectivity index (χ1n) is 7.81. The molecule has 0 saturated carbocycles. The van der Waals surface area contributed by atoms with Crippen LogP contribution >= 0.6 is 0 Å². The van der Waals surface area contributed by atoms with E-state index in [1.807, 2.05) is 37.4 Å². The molecule has 6 nitrogen and oxygen atoms in total. The average Bonchev–Trinajstić information content (AvgIpc) is 2.98. The maximum absolute atomic E-state index is 11.7. The number of likely N-dealkylation sites (tertiary alicyclic amines) is 1. The van der Waals surface area contributed by atoms with Crippen LogP contribution in [0, 0.1) is 0 Å². The van der Waals surface area contributed by atoms with Gasteiger partial charge in [0.15, 0.2) is 11.4 Å². The zero-order valence-electron chi connectivity index (χ0n) is 13.2. The number of benzene rings is 1. The van der Waals surface area contributed by atoms with Gasteiger partial charge in [0, 0.05) is 6.54 Å². The van der Waals surface area contributed by atoms with Crippen LogP contribution in [0.5, 0.6) is 5.75 Å². The summed E-state index contributed by atoms with van der Waals surface area (Å²) in [6, 6.07) is 9.76. The molecule has 2 aromatic rings. The lowest BCUT2D eigenvalue weighted by atomic mass is 10.1. The molecule has 1 aliphatic heterocycles. The van der Waals surface area contributed by atoms with Gasteiger partial charge in [-0.25, -0.2) is 4.79 Å². The maximum Gasteiger partial charge on any atom is 0.358 e. The topological polar surface area (TPSA) is 67.6 Å². The molecule has 23 heavy (non-hydrogen) atoms. The summed E-state index contributed by atoms with van der Waals surface area (Å²) in [4.78, 5) is 13.9. The second kappa shape index (κ2) is 6.83. The van der Waals surface area contributed by atoms with Crippen molar-refractivity contribution in [3.05, 3.63) is 47.8 Å². The van der Waals surface area contributed by atoms with Crippen LogP contribution in [0.1, 0.15) is 34.9 Å². The molecule has 1 fully saturated rings. The monoisotopic (exact) mass is 315 g/mol. The van der Waals surface area contributed by atoms with Gasteiger partial charge in [0.05, 0.1) is 12.2 Å². The first kappa shape index (κ1) is 15.6. The molecule has 1 aromatic heterocycles. The number of hydrogen-bond donors (Lipinski definition) is 1. The molecular formula is C17H21N3O3. The summed E-state index contributed by atoms with van der Waals surface area (Å²) < 4.78 is 7.31. The molecule has 0 spiro atoms. The van der Waals surface area contributed by atoms with Crippen molar-refractivity contribution in [2.75, 3.05) is 20.1 Å². The van der Waals surface area contributed by atoms with Crippen LogP contribution in [0.15, 0.2) is 36.5 Å². The van der Waals surface area contributed by atoms with Gasteiger partial charge < -0.3 is 14.7 Å². The van der Waals surface area contributed by atoms with Gasteiger partial charge in [-0.05, 0) is 32.0 Å². The second-order valence-electron chi connectivity index (χ2n) is 5.94. The fourth-order valence-corrected chi connectivity index (χ4v) is 3.01. The summed E-state index contributed by atoms with van der Waals surface area (Å²) in [5, 5.41) is 13.9. The largest absolute Gasteiger partial charge is 0.485 e. The minimum atomic E-state index is -1.00. The molecule has 0 amide bonds. The molecule has 0 bridgehead atoms. The Hall–Kier alpha value is -2.34. The van der Waals surface area contributed by atoms with E-state index in [0.717, 1.165) is 31.5 Å². The second-order valence-corrected chi connectivity index (χ2v) is 5.94. The Balaban J connectivity index is 1.79. The van der Waals surface area contributed by atoms with E-state index in [1.54, 1.807) is 4.68 Å². The average molecular weight is 315 g/mol. The summed E-state index contributed by atoms with van der Waals surface area (Å²) in [6.07, 6.45) is 3.49. The molecule has 122 valence electrons. The minimum Gasteiger partial charge on any atom is -0.485 e. The number of rotatable bonds is 5. The Labute approximate surface area is 135 Å². The predicted octanol–water partition coefficient (Wildman–Crippen LogP) is 2.43. The lowest BCUT2D eigenvalue weighted by molar-refractivity contribution is 0.0669. The first-order valence-corrected chi connectivity index (χ1v) is 7.81. The summed E-state index contributed by atoms with van der Waals surface area (Å²) in [5.74, 6) is -0.673. The molecule has 0 radical (unpaired) electrons. The van der Waals surface area contributed by atoms with Crippen LogP contribution in [-0.2, 0) is 6.61 Å². The van der Waals surface area contributed by atoms with Crippen molar-refractivity contribution in [3.63, 3.8) is 0 Å². The van der Waals surface area contributed by atoms with Gasteiger partial charge in [-0.1, -0.05) is 30.3 Å². The number of carbonyl (C=O) groups is 1. The van der Waals surface area contributed by atoms with Gasteiger partial charge in [-0.2, -0.15) is 5.10 Å². The minimum absolute atomic E-state index is 0.0777. The standard InChI is InChI=1S/C17H21N3O3/c1-19-9-5-8-14(11-19)20-16(17(21)22)15(10-18-20)23-12-13-6-3-2-4-7-13/h2-4,6-7,10,14H,5,8-9,11-12H2,1H3,(H,21,22). The number of carboxylic acid groups (broad SMARTS) is 1. The molecule has 1 atom stereocenters. The Morgan fingerprint density at radius 3 is 2.87 bits per heavy atom. The number of ether oxygens (including phenoxy) is 1. The SMILES string of the molecule is CN1CCCC(n2ncc(OCc3ccccc3)c2C(=O)O)C1. The van der Waals surface area contributed by atoms with Gasteiger partial charge in [0.2, 0.25) is 0 Å². The van der Waals surface area contributed by atoms with E-state index < -0.39 is 5.97 Å². The third-order valence-electron chi connectivity index (χ3n) is 4.15. The molecule has 1 unspecified atom stereocenters. The highest BCUT2D eigenvalue weighted by atomic mass is 16.5. The van der Waals surface area contributed by atoms with Crippen LogP contribution in [0.3, 0.4) is 0 Å². The van der Waals surface area contributed by atoms with Crippen LogP contribution in [0.4, 0.5) is 0 Å². The zero-order chi connectivity index (χ0) is 16.2. The van der Waals surface area contributed by atoms with Gasteiger partial charge in [-0.15, -0.1) is 0 Å². The molecule has 1 N–H and O–H groups in total. The van der Waals surface area contributed by atoms with E-state index in [1.165, 1.54) is 6.20 Å². The lowest BCUT2D eigenvalue weighted by Gasteiger charge is -2.30. The number of carboxylic acids is 1. The fourth-order valence-electron chi connectivity index (χ4n) is 3.01. The highest BCUT2D eigenvalue weighted by Gasteiger charge is 2.27. The predicted molar refractivity (Wildman–Crippen MR) is 85.7 cm³/mol. The van der Waals surface area contributed by atoms with E-state index in [0.29, 0.717) is 12.4 Å². The molecule has 0 aliphatic carbocycles. The Bertz CT molecular complexity index is 669. The molecule has 3 rings (SSSR count). The van der Waals surface area contributed by atoms with Crippen molar-refractivity contribution in [2.45, 2.75) is 25.5 Å². The van der Waals surface area contributed by atoms with E-state index in [4.69, 9.17) is 4.74 Å². The van der Waals surface area contributed by atoms with Crippen molar-refractivity contribution in [2.24, 2.45) is 0 Å². The van der Waals surface area contributed by atoms with Crippen molar-refractivity contribution >= 4 is 5.97 Å². The Morgan fingerprint density at radius 1 is 1.39 bits per heavy atom. The number of aromatic nitrogens is 2. The van der Waals surface area contributed by atoms with Crippen molar-refractivity contribution in [3.8, 4) is 5.75 Å². The van der Waals surface area contributed by atoms with Crippen LogP contribution in [0.25, 0.3) is 0 Å². The third-order valence-corrected chi connectivity index (χ3v) is 4.15. The van der Waals surface area contributed by atoms with E-state index in [9.17, 15) is 9.90 Å². The number of piperidine rings is 1. The highest BCUT2D eigenvalue weighted by Crippen LogP contribution is 2.27. The molecule has 1 aromatic carbocycles. The normalized spacial score (nSPS) is 18.7. The van der Waals surface area contributed by atoms with E-state index in [-0.39, 0.29) is 11.7 Å². The van der Waals surface area contributed by atoms with Crippen LogP contribution < -0.4 is 4.74 Å². The number of aromatic carboxylic acids is 1. The van der Waals surface area contributed by atoms with E-state index >= 15 is 0 Å². The molecular weight excluding hydrogens is 294 g/mol. The van der Waals surface area contributed by atoms with Gasteiger partial charge in [0.1, 0.15) is 6.61 Å². The molecule has 1 aliphatic rings. The van der Waals surface area contributed by atoms with E-state index in [2.05, 4.69) is 10.00 Å². The van der Waals surface area contributed by atoms with Gasteiger partial charge >= 0.3 is 5.97 Å². The fraction of sp³-hybridized carbons (Fsp3) is 0.412. The summed E-state index contributed by atoms with van der Waals surface area (Å²) in [5.41, 5.74) is 1.13. The smallest absolute Gasteiger partial charge is 0.358 e. The number of likely N-dealkylation sites (N-methyl/N-ethyl adjacent to an activating group) is 1. The van der Waals surface area contributed by atoms with Gasteiger partial charge in [0.25, 0.3) is 0 Å². The van der Waals surface area contributed by atoms with Crippen molar-refractivity contribution < 1.29 is 14.6 Å². The Morgan fingerprint density at radius 2 is 2.17 bits per heavy atom. The number of nitrogens with zero attached hydrogens (tertiary/aromatic N) is 3. The first-order chi connectivity index (χ1) is 11.1. The molecule has 2 heterocycles. The quantitative estimate of drug-likeness (QED) is 0.918. The molecule has 6 heteroatoms. The number of hydrogen-bond acceptors (Lipinski definition) is 4. The van der Waals surface area contributed by atoms with Gasteiger partial charge in [-0.3, -0.25) is 4.68 Å². The summed E-state index contributed by atoms with van der Waals surface area (Å²) >= 11 is 0. The zero-order valence-corrected chi connectivity index (χ0v) is 13.2. The third kappa shape index (κ3) is 3.53. The Kier molecular flexibility index (Phi) is 4.62. The van der Waals surface area contributed by atoms with Crippen molar-refractivity contribution in [1.29, 1.82) is 0 Å². The van der Waals surface area contributed by atoms with Crippen LogP contribution in [0.2, 0.25) is 0 Å².